The number of anilines is 1. The van der Waals surface area contributed by atoms with Crippen LogP contribution in [0, 0.1) is 13.8 Å². The predicted octanol–water partition coefficient (Wildman–Crippen LogP) is 4.35. The van der Waals surface area contributed by atoms with Crippen LogP contribution in [0.2, 0.25) is 0 Å². The van der Waals surface area contributed by atoms with E-state index in [9.17, 15) is 9.59 Å². The summed E-state index contributed by atoms with van der Waals surface area (Å²) in [5, 5.41) is 9.60. The lowest BCUT2D eigenvalue weighted by Gasteiger charge is -2.27. The van der Waals surface area contributed by atoms with Gasteiger partial charge in [0.2, 0.25) is 5.95 Å². The molecule has 0 spiro atoms. The van der Waals surface area contributed by atoms with Crippen molar-refractivity contribution in [1.29, 1.82) is 0 Å². The van der Waals surface area contributed by atoms with Crippen LogP contribution in [0.5, 0.6) is 0 Å². The molecule has 1 aromatic carbocycles. The van der Waals surface area contributed by atoms with Crippen LogP contribution in [0.25, 0.3) is 5.69 Å². The van der Waals surface area contributed by atoms with Crippen LogP contribution in [-0.2, 0) is 4.74 Å². The summed E-state index contributed by atoms with van der Waals surface area (Å²) in [5.74, 6) is 0.491. The normalized spacial score (nSPS) is 13.8. The number of H-pyrrole nitrogens is 1. The highest BCUT2D eigenvalue weighted by Crippen LogP contribution is 2.29. The second kappa shape index (κ2) is 10.2. The number of nitrogens with one attached hydrogen (secondary N) is 1. The van der Waals surface area contributed by atoms with Gasteiger partial charge in [-0.05, 0) is 57.7 Å². The smallest absolute Gasteiger partial charge is 0.355 e. The summed E-state index contributed by atoms with van der Waals surface area (Å²) in [6.45, 7) is 7.51. The van der Waals surface area contributed by atoms with E-state index in [-0.39, 0.29) is 18.1 Å². The molecule has 1 fully saturated rings. The third kappa shape index (κ3) is 4.83. The molecule has 33 heavy (non-hydrogen) atoms. The number of ether oxygens (including phenoxy) is 1. The van der Waals surface area contributed by atoms with E-state index in [0.29, 0.717) is 27.7 Å². The van der Waals surface area contributed by atoms with E-state index >= 15 is 0 Å². The lowest BCUT2D eigenvalue weighted by molar-refractivity contribution is 0.0519. The van der Waals surface area contributed by atoms with Gasteiger partial charge < -0.3 is 14.6 Å². The highest BCUT2D eigenvalue weighted by Gasteiger charge is 2.25. The van der Waals surface area contributed by atoms with Gasteiger partial charge in [-0.3, -0.25) is 9.36 Å². The van der Waals surface area contributed by atoms with Crippen LogP contribution < -0.4 is 4.90 Å². The molecule has 3 aromatic rings. The van der Waals surface area contributed by atoms with E-state index in [0.717, 1.165) is 37.6 Å². The molecule has 0 radical (unpaired) electrons. The topological polar surface area (TPSA) is 93.1 Å². The number of aromatic amines is 1. The van der Waals surface area contributed by atoms with E-state index in [2.05, 4.69) is 20.1 Å². The number of carbonyl (C=O) groups excluding carboxylic acids is 2. The number of ketones is 1. The molecule has 0 saturated carbocycles. The Morgan fingerprint density at radius 3 is 2.52 bits per heavy atom. The molecule has 2 aromatic heterocycles. The Balaban J connectivity index is 1.58. The van der Waals surface area contributed by atoms with Crippen molar-refractivity contribution in [2.75, 3.05) is 30.3 Å². The number of nitrogens with zero attached hydrogens (tertiary/aromatic N) is 4. The van der Waals surface area contributed by atoms with Gasteiger partial charge in [-0.15, -0.1) is 10.2 Å². The van der Waals surface area contributed by atoms with Crippen LogP contribution in [-0.4, -0.2) is 57.0 Å². The molecule has 1 saturated heterocycles. The number of para-hydroxylation sites is 1. The monoisotopic (exact) mass is 467 g/mol. The molecule has 174 valence electrons. The molecular weight excluding hydrogens is 438 g/mol. The van der Waals surface area contributed by atoms with Crippen LogP contribution in [0.3, 0.4) is 0 Å². The number of esters is 1. The predicted molar refractivity (Wildman–Crippen MR) is 129 cm³/mol. The molecule has 9 heteroatoms. The fourth-order valence-electron chi connectivity index (χ4n) is 4.24. The Bertz CT molecular complexity index is 1130. The quantitative estimate of drug-likeness (QED) is 0.299. The van der Waals surface area contributed by atoms with Gasteiger partial charge >= 0.3 is 5.97 Å². The Kier molecular flexibility index (Phi) is 7.17. The molecule has 0 amide bonds. The molecule has 0 bridgehead atoms. The zero-order chi connectivity index (χ0) is 23.4. The Labute approximate surface area is 197 Å². The second-order valence-corrected chi connectivity index (χ2v) is 9.00. The van der Waals surface area contributed by atoms with Gasteiger partial charge in [-0.25, -0.2) is 4.79 Å². The standard InChI is InChI=1S/C24H29N5O3S/c1-4-32-22(31)21-16(2)20(17(3)25-21)19(30)15-33-24-27-26-23(28-13-9-6-10-14-28)29(24)18-11-7-5-8-12-18/h5,7-8,11-12,25H,4,6,9-10,13-15H2,1-3H3. The average molecular weight is 468 g/mol. The van der Waals surface area contributed by atoms with Crippen molar-refractivity contribution in [1.82, 2.24) is 19.7 Å². The van der Waals surface area contributed by atoms with E-state index in [4.69, 9.17) is 4.74 Å². The largest absolute Gasteiger partial charge is 0.461 e. The minimum Gasteiger partial charge on any atom is -0.461 e. The van der Waals surface area contributed by atoms with Gasteiger partial charge in [0.15, 0.2) is 10.9 Å². The highest BCUT2D eigenvalue weighted by atomic mass is 32.2. The third-order valence-electron chi connectivity index (χ3n) is 5.80. The highest BCUT2D eigenvalue weighted by molar-refractivity contribution is 7.99. The SMILES string of the molecule is CCOC(=O)c1[nH]c(C)c(C(=O)CSc2nnc(N3CCCCC3)n2-c2ccccc2)c1C. The molecule has 0 aliphatic carbocycles. The maximum Gasteiger partial charge on any atom is 0.355 e. The number of aromatic nitrogens is 4. The molecule has 4 rings (SSSR count). The Hall–Kier alpha value is -3.07. The number of rotatable bonds is 8. The summed E-state index contributed by atoms with van der Waals surface area (Å²) < 4.78 is 7.13. The lowest BCUT2D eigenvalue weighted by Crippen LogP contribution is -2.31. The second-order valence-electron chi connectivity index (χ2n) is 8.06. The van der Waals surface area contributed by atoms with Crippen molar-refractivity contribution in [2.45, 2.75) is 45.2 Å². The molecule has 3 heterocycles. The van der Waals surface area contributed by atoms with Crippen LogP contribution in [0.1, 0.15) is 58.3 Å². The number of Topliss-reactive ketones (excluding diaryl/α,β-unsaturated/α-hetero) is 1. The maximum atomic E-state index is 13.1. The van der Waals surface area contributed by atoms with Crippen molar-refractivity contribution in [2.24, 2.45) is 0 Å². The first-order chi connectivity index (χ1) is 16.0. The summed E-state index contributed by atoms with van der Waals surface area (Å²) >= 11 is 1.36. The number of piperidine rings is 1. The van der Waals surface area contributed by atoms with Crippen LogP contribution in [0.4, 0.5) is 5.95 Å². The first-order valence-electron chi connectivity index (χ1n) is 11.3. The Morgan fingerprint density at radius 1 is 1.09 bits per heavy atom. The molecule has 1 N–H and O–H groups in total. The van der Waals surface area contributed by atoms with Gasteiger partial charge in [-0.2, -0.15) is 0 Å². The van der Waals surface area contributed by atoms with E-state index in [1.807, 2.05) is 34.9 Å². The summed E-state index contributed by atoms with van der Waals surface area (Å²) in [7, 11) is 0. The average Bonchev–Trinajstić information content (AvgIpc) is 3.39. The van der Waals surface area contributed by atoms with Crippen LogP contribution >= 0.6 is 11.8 Å². The fraction of sp³-hybridized carbons (Fsp3) is 0.417. The lowest BCUT2D eigenvalue weighted by atomic mass is 10.1. The van der Waals surface area contributed by atoms with Crippen molar-refractivity contribution < 1.29 is 14.3 Å². The van der Waals surface area contributed by atoms with Crippen molar-refractivity contribution >= 4 is 29.5 Å². The number of hydrogen-bond acceptors (Lipinski definition) is 7. The minimum atomic E-state index is -0.445. The van der Waals surface area contributed by atoms with Gasteiger partial charge in [0.25, 0.3) is 0 Å². The van der Waals surface area contributed by atoms with E-state index < -0.39 is 5.97 Å². The molecule has 0 atom stereocenters. The Morgan fingerprint density at radius 2 is 1.82 bits per heavy atom. The summed E-state index contributed by atoms with van der Waals surface area (Å²) in [6.07, 6.45) is 3.50. The number of thioether (sulfide) groups is 1. The van der Waals surface area contributed by atoms with Gasteiger partial charge in [0.1, 0.15) is 5.69 Å². The summed E-state index contributed by atoms with van der Waals surface area (Å²) in [4.78, 5) is 30.6. The molecule has 8 nitrogen and oxygen atoms in total. The molecule has 0 unspecified atom stereocenters. The molecule has 1 aliphatic heterocycles. The van der Waals surface area contributed by atoms with Crippen LogP contribution in [0.15, 0.2) is 35.5 Å². The van der Waals surface area contributed by atoms with Gasteiger partial charge in [-0.1, -0.05) is 30.0 Å². The first-order valence-corrected chi connectivity index (χ1v) is 12.3. The van der Waals surface area contributed by atoms with Crippen molar-refractivity contribution in [3.8, 4) is 5.69 Å². The van der Waals surface area contributed by atoms with Gasteiger partial charge in [0.05, 0.1) is 18.0 Å². The number of hydrogen-bond donors (Lipinski definition) is 1. The molecule has 1 aliphatic rings. The first kappa shape index (κ1) is 23.1. The van der Waals surface area contributed by atoms with Gasteiger partial charge in [0, 0.05) is 24.3 Å². The fourth-order valence-corrected chi connectivity index (χ4v) is 5.05. The zero-order valence-corrected chi connectivity index (χ0v) is 20.1. The van der Waals surface area contributed by atoms with Crippen molar-refractivity contribution in [3.63, 3.8) is 0 Å². The zero-order valence-electron chi connectivity index (χ0n) is 19.3. The van der Waals surface area contributed by atoms with E-state index in [1.165, 1.54) is 18.2 Å². The summed E-state index contributed by atoms with van der Waals surface area (Å²) in [5.41, 5.74) is 3.13. The molecular formula is C24H29N5O3S. The number of benzene rings is 1. The number of carbonyl (C=O) groups is 2. The maximum absolute atomic E-state index is 13.1. The minimum absolute atomic E-state index is 0.0658. The third-order valence-corrected chi connectivity index (χ3v) is 6.73. The van der Waals surface area contributed by atoms with E-state index in [1.54, 1.807) is 20.8 Å². The summed E-state index contributed by atoms with van der Waals surface area (Å²) in [6, 6.07) is 9.99. The van der Waals surface area contributed by atoms with Crippen molar-refractivity contribution in [3.05, 3.63) is 52.8 Å². The number of aryl methyl sites for hydroxylation is 1.